The predicted octanol–water partition coefficient (Wildman–Crippen LogP) is 1.51. The van der Waals surface area contributed by atoms with E-state index in [0.717, 1.165) is 0 Å². The number of fused-ring (bicyclic) bond motifs is 1. The Labute approximate surface area is 152 Å². The maximum Gasteiger partial charge on any atom is 0.234 e. The SMILES string of the molecule is Nn1c(SCC(=O)Nc2ccc3c(c2)OCO3)nnc1-c1ccccn1. The summed E-state index contributed by atoms with van der Waals surface area (Å²) in [4.78, 5) is 16.3. The summed E-state index contributed by atoms with van der Waals surface area (Å²) in [7, 11) is 0. The van der Waals surface area contributed by atoms with E-state index in [0.29, 0.717) is 33.9 Å². The third kappa shape index (κ3) is 3.26. The van der Waals surface area contributed by atoms with Crippen LogP contribution < -0.4 is 20.6 Å². The number of nitrogen functional groups attached to an aromatic ring is 1. The summed E-state index contributed by atoms with van der Waals surface area (Å²) < 4.78 is 11.8. The van der Waals surface area contributed by atoms with Gasteiger partial charge in [0.05, 0.1) is 5.75 Å². The molecule has 1 aliphatic heterocycles. The largest absolute Gasteiger partial charge is 0.454 e. The number of carbonyl (C=O) groups excluding carboxylic acids is 1. The number of nitrogens with zero attached hydrogens (tertiary/aromatic N) is 4. The fourth-order valence-corrected chi connectivity index (χ4v) is 3.00. The topological polar surface area (TPSA) is 117 Å². The number of nitrogens with two attached hydrogens (primary N) is 1. The van der Waals surface area contributed by atoms with Crippen molar-refractivity contribution in [3.63, 3.8) is 0 Å². The second-order valence-corrected chi connectivity index (χ2v) is 6.24. The Morgan fingerprint density at radius 3 is 2.96 bits per heavy atom. The molecule has 10 heteroatoms. The minimum Gasteiger partial charge on any atom is -0.454 e. The molecule has 0 fully saturated rings. The summed E-state index contributed by atoms with van der Waals surface area (Å²) in [5.74, 6) is 7.64. The molecule has 1 amide bonds. The second kappa shape index (κ2) is 6.92. The third-order valence-electron chi connectivity index (χ3n) is 3.55. The normalized spacial score (nSPS) is 12.2. The molecule has 1 aliphatic rings. The Balaban J connectivity index is 1.38. The molecule has 0 saturated heterocycles. The van der Waals surface area contributed by atoms with E-state index in [4.69, 9.17) is 15.3 Å². The molecule has 3 aromatic rings. The van der Waals surface area contributed by atoms with Gasteiger partial charge >= 0.3 is 0 Å². The molecular weight excluding hydrogens is 356 g/mol. The van der Waals surface area contributed by atoms with Gasteiger partial charge in [-0.25, -0.2) is 4.68 Å². The van der Waals surface area contributed by atoms with Gasteiger partial charge in [0.1, 0.15) is 5.69 Å². The number of benzene rings is 1. The lowest BCUT2D eigenvalue weighted by molar-refractivity contribution is -0.113. The number of anilines is 1. The van der Waals surface area contributed by atoms with Crippen LogP contribution >= 0.6 is 11.8 Å². The van der Waals surface area contributed by atoms with Crippen molar-refractivity contribution in [2.24, 2.45) is 0 Å². The number of ether oxygens (including phenoxy) is 2. The van der Waals surface area contributed by atoms with Crippen molar-refractivity contribution in [3.05, 3.63) is 42.6 Å². The fourth-order valence-electron chi connectivity index (χ4n) is 2.35. The Kier molecular flexibility index (Phi) is 4.32. The first-order valence-corrected chi connectivity index (χ1v) is 8.63. The average Bonchev–Trinajstić information content (AvgIpc) is 3.27. The highest BCUT2D eigenvalue weighted by atomic mass is 32.2. The Morgan fingerprint density at radius 2 is 2.12 bits per heavy atom. The Morgan fingerprint density at radius 1 is 1.23 bits per heavy atom. The lowest BCUT2D eigenvalue weighted by Gasteiger charge is -2.06. The van der Waals surface area contributed by atoms with Gasteiger partial charge < -0.3 is 20.6 Å². The van der Waals surface area contributed by atoms with Crippen molar-refractivity contribution in [2.75, 3.05) is 23.7 Å². The van der Waals surface area contributed by atoms with E-state index >= 15 is 0 Å². The van der Waals surface area contributed by atoms with Crippen LogP contribution in [0.5, 0.6) is 11.5 Å². The predicted molar refractivity (Wildman–Crippen MR) is 95.3 cm³/mol. The highest BCUT2D eigenvalue weighted by Gasteiger charge is 2.16. The second-order valence-electron chi connectivity index (χ2n) is 5.30. The van der Waals surface area contributed by atoms with Crippen LogP contribution in [0.4, 0.5) is 5.69 Å². The van der Waals surface area contributed by atoms with E-state index in [1.807, 2.05) is 6.07 Å². The standard InChI is InChI=1S/C16H14N6O3S/c17-22-15(11-3-1-2-6-18-11)20-21-16(22)26-8-14(23)19-10-4-5-12-13(7-10)25-9-24-12/h1-7H,8-9,17H2,(H,19,23). The first kappa shape index (κ1) is 16.2. The van der Waals surface area contributed by atoms with Crippen LogP contribution in [0, 0.1) is 0 Å². The van der Waals surface area contributed by atoms with E-state index in [-0.39, 0.29) is 18.5 Å². The molecular formula is C16H14N6O3S. The number of rotatable bonds is 5. The maximum absolute atomic E-state index is 12.2. The van der Waals surface area contributed by atoms with Crippen LogP contribution in [-0.4, -0.2) is 38.3 Å². The zero-order valence-corrected chi connectivity index (χ0v) is 14.3. The van der Waals surface area contributed by atoms with E-state index in [9.17, 15) is 4.79 Å². The molecule has 0 aliphatic carbocycles. The molecule has 0 radical (unpaired) electrons. The smallest absolute Gasteiger partial charge is 0.234 e. The van der Waals surface area contributed by atoms with Crippen molar-refractivity contribution in [2.45, 2.75) is 5.16 Å². The minimum atomic E-state index is -0.198. The summed E-state index contributed by atoms with van der Waals surface area (Å²) in [6.07, 6.45) is 1.65. The van der Waals surface area contributed by atoms with Crippen molar-refractivity contribution in [1.29, 1.82) is 0 Å². The molecule has 1 aromatic carbocycles. The van der Waals surface area contributed by atoms with Gasteiger partial charge in [0, 0.05) is 18.0 Å². The number of amides is 1. The molecule has 0 unspecified atom stereocenters. The van der Waals surface area contributed by atoms with Gasteiger partial charge in [-0.05, 0) is 24.3 Å². The van der Waals surface area contributed by atoms with E-state index in [2.05, 4.69) is 20.5 Å². The summed E-state index contributed by atoms with van der Waals surface area (Å²) >= 11 is 1.18. The van der Waals surface area contributed by atoms with Crippen molar-refractivity contribution >= 4 is 23.4 Å². The molecule has 132 valence electrons. The highest BCUT2D eigenvalue weighted by Crippen LogP contribution is 2.34. The van der Waals surface area contributed by atoms with Crippen LogP contribution in [0.2, 0.25) is 0 Å². The van der Waals surface area contributed by atoms with Crippen molar-refractivity contribution in [3.8, 4) is 23.0 Å². The molecule has 0 spiro atoms. The van der Waals surface area contributed by atoms with Crippen LogP contribution in [0.1, 0.15) is 0 Å². The van der Waals surface area contributed by atoms with Crippen molar-refractivity contribution < 1.29 is 14.3 Å². The van der Waals surface area contributed by atoms with Crippen LogP contribution in [0.3, 0.4) is 0 Å². The molecule has 0 bridgehead atoms. The summed E-state index contributed by atoms with van der Waals surface area (Å²) in [6, 6.07) is 10.6. The monoisotopic (exact) mass is 370 g/mol. The minimum absolute atomic E-state index is 0.131. The van der Waals surface area contributed by atoms with Crippen LogP contribution in [0.25, 0.3) is 11.5 Å². The number of carbonyl (C=O) groups is 1. The van der Waals surface area contributed by atoms with Gasteiger partial charge in [0.25, 0.3) is 0 Å². The van der Waals surface area contributed by atoms with Crippen LogP contribution in [0.15, 0.2) is 47.8 Å². The van der Waals surface area contributed by atoms with Crippen LogP contribution in [-0.2, 0) is 4.79 Å². The van der Waals surface area contributed by atoms with Gasteiger partial charge in [-0.1, -0.05) is 17.8 Å². The van der Waals surface area contributed by atoms with Gasteiger partial charge in [-0.15, -0.1) is 10.2 Å². The number of thioether (sulfide) groups is 1. The van der Waals surface area contributed by atoms with E-state index < -0.39 is 0 Å². The molecule has 26 heavy (non-hydrogen) atoms. The highest BCUT2D eigenvalue weighted by molar-refractivity contribution is 7.99. The molecule has 4 rings (SSSR count). The third-order valence-corrected chi connectivity index (χ3v) is 4.49. The summed E-state index contributed by atoms with van der Waals surface area (Å²) in [5.41, 5.74) is 1.24. The van der Waals surface area contributed by atoms with Gasteiger partial charge in [-0.3, -0.25) is 9.78 Å². The number of nitrogens with one attached hydrogen (secondary N) is 1. The van der Waals surface area contributed by atoms with Gasteiger partial charge in [0.2, 0.25) is 23.7 Å². The van der Waals surface area contributed by atoms with E-state index in [1.165, 1.54) is 16.4 Å². The van der Waals surface area contributed by atoms with Gasteiger partial charge in [-0.2, -0.15) is 0 Å². The molecule has 9 nitrogen and oxygen atoms in total. The molecule has 2 aromatic heterocycles. The van der Waals surface area contributed by atoms with E-state index in [1.54, 1.807) is 36.5 Å². The van der Waals surface area contributed by atoms with Gasteiger partial charge in [0.15, 0.2) is 11.5 Å². The summed E-state index contributed by atoms with van der Waals surface area (Å²) in [6.45, 7) is 0.188. The zero-order chi connectivity index (χ0) is 17.9. The lowest BCUT2D eigenvalue weighted by Crippen LogP contribution is -2.16. The number of pyridine rings is 1. The zero-order valence-electron chi connectivity index (χ0n) is 13.5. The number of aromatic nitrogens is 4. The number of hydrogen-bond acceptors (Lipinski definition) is 8. The average molecular weight is 370 g/mol. The lowest BCUT2D eigenvalue weighted by atomic mass is 10.3. The molecule has 0 atom stereocenters. The summed E-state index contributed by atoms with van der Waals surface area (Å²) in [5, 5.41) is 11.3. The maximum atomic E-state index is 12.2. The first-order valence-electron chi connectivity index (χ1n) is 7.65. The first-order chi connectivity index (χ1) is 12.7. The fraction of sp³-hybridized carbons (Fsp3) is 0.125. The Bertz CT molecular complexity index is 946. The number of hydrogen-bond donors (Lipinski definition) is 2. The molecule has 0 saturated carbocycles. The Hall–Kier alpha value is -3.27. The molecule has 3 N–H and O–H groups in total. The van der Waals surface area contributed by atoms with Crippen molar-refractivity contribution in [1.82, 2.24) is 19.9 Å². The quantitative estimate of drug-likeness (QED) is 0.513. The molecule has 3 heterocycles.